The maximum Gasteiger partial charge on any atom is 0.0685 e. The maximum atomic E-state index is 6.15. The fourth-order valence-corrected chi connectivity index (χ4v) is 4.39. The van der Waals surface area contributed by atoms with E-state index in [4.69, 9.17) is 4.74 Å². The molecule has 3 atom stereocenters. The van der Waals surface area contributed by atoms with Crippen molar-refractivity contribution in [2.24, 2.45) is 17.8 Å². The summed E-state index contributed by atoms with van der Waals surface area (Å²) in [5, 5.41) is 3.62. The third kappa shape index (κ3) is 2.53. The average Bonchev–Trinajstić information content (AvgIpc) is 2.77. The standard InChI is InChI=1S/C15H27NO/c1-12-8-14(11-16-10-12)13-4-7-17-15(9-13)5-2-3-6-15/h12-14,16H,2-11H2,1H3. The normalized spacial score (nSPS) is 41.8. The van der Waals surface area contributed by atoms with E-state index in [2.05, 4.69) is 12.2 Å². The molecule has 17 heavy (non-hydrogen) atoms. The topological polar surface area (TPSA) is 21.3 Å². The molecule has 0 aromatic rings. The lowest BCUT2D eigenvalue weighted by molar-refractivity contribution is -0.104. The molecular formula is C15H27NO. The molecular weight excluding hydrogens is 210 g/mol. The third-order valence-corrected chi connectivity index (χ3v) is 5.32. The first-order valence-electron chi connectivity index (χ1n) is 7.62. The Kier molecular flexibility index (Phi) is 3.45. The van der Waals surface area contributed by atoms with Crippen LogP contribution in [0.25, 0.3) is 0 Å². The number of rotatable bonds is 1. The van der Waals surface area contributed by atoms with Crippen molar-refractivity contribution < 1.29 is 4.74 Å². The Morgan fingerprint density at radius 1 is 1.12 bits per heavy atom. The smallest absolute Gasteiger partial charge is 0.0685 e. The number of hydrogen-bond acceptors (Lipinski definition) is 2. The highest BCUT2D eigenvalue weighted by atomic mass is 16.5. The second-order valence-electron chi connectivity index (χ2n) is 6.75. The zero-order valence-corrected chi connectivity index (χ0v) is 11.2. The molecule has 2 aliphatic heterocycles. The molecule has 3 unspecified atom stereocenters. The zero-order chi connectivity index (χ0) is 11.7. The highest BCUT2D eigenvalue weighted by Crippen LogP contribution is 2.45. The summed E-state index contributed by atoms with van der Waals surface area (Å²) in [6, 6.07) is 0. The van der Waals surface area contributed by atoms with Gasteiger partial charge in [0.15, 0.2) is 0 Å². The second-order valence-corrected chi connectivity index (χ2v) is 6.75. The van der Waals surface area contributed by atoms with Crippen LogP contribution in [0.1, 0.15) is 51.9 Å². The van der Waals surface area contributed by atoms with Gasteiger partial charge in [0.25, 0.3) is 0 Å². The van der Waals surface area contributed by atoms with Crippen LogP contribution in [0.4, 0.5) is 0 Å². The Morgan fingerprint density at radius 3 is 2.71 bits per heavy atom. The van der Waals surface area contributed by atoms with Gasteiger partial charge in [0, 0.05) is 6.61 Å². The largest absolute Gasteiger partial charge is 0.375 e. The third-order valence-electron chi connectivity index (χ3n) is 5.32. The van der Waals surface area contributed by atoms with E-state index in [0.29, 0.717) is 5.60 Å². The van der Waals surface area contributed by atoms with Crippen LogP contribution < -0.4 is 5.32 Å². The zero-order valence-electron chi connectivity index (χ0n) is 11.2. The molecule has 0 amide bonds. The molecule has 1 aliphatic carbocycles. The van der Waals surface area contributed by atoms with Crippen LogP contribution in [0.15, 0.2) is 0 Å². The Labute approximate surface area is 105 Å². The van der Waals surface area contributed by atoms with Crippen LogP contribution in [0, 0.1) is 17.8 Å². The summed E-state index contributed by atoms with van der Waals surface area (Å²) in [5.74, 6) is 2.72. The first kappa shape index (κ1) is 12.0. The maximum absolute atomic E-state index is 6.15. The van der Waals surface area contributed by atoms with Crippen molar-refractivity contribution in [2.75, 3.05) is 19.7 Å². The van der Waals surface area contributed by atoms with Crippen molar-refractivity contribution in [3.8, 4) is 0 Å². The highest BCUT2D eigenvalue weighted by Gasteiger charge is 2.42. The molecule has 2 saturated heterocycles. The molecule has 0 radical (unpaired) electrons. The Balaban J connectivity index is 1.62. The minimum absolute atomic E-state index is 0.309. The molecule has 98 valence electrons. The summed E-state index contributed by atoms with van der Waals surface area (Å²) >= 11 is 0. The fourth-order valence-electron chi connectivity index (χ4n) is 4.39. The van der Waals surface area contributed by atoms with Crippen molar-refractivity contribution in [2.45, 2.75) is 57.5 Å². The van der Waals surface area contributed by atoms with Gasteiger partial charge in [0.2, 0.25) is 0 Å². The summed E-state index contributed by atoms with van der Waals surface area (Å²) < 4.78 is 6.15. The van der Waals surface area contributed by atoms with E-state index >= 15 is 0 Å². The molecule has 0 aromatic heterocycles. The van der Waals surface area contributed by atoms with Gasteiger partial charge in [-0.1, -0.05) is 19.8 Å². The van der Waals surface area contributed by atoms with E-state index < -0.39 is 0 Å². The molecule has 2 nitrogen and oxygen atoms in total. The van der Waals surface area contributed by atoms with Gasteiger partial charge < -0.3 is 10.1 Å². The van der Waals surface area contributed by atoms with Gasteiger partial charge in [0.05, 0.1) is 5.60 Å². The van der Waals surface area contributed by atoms with Crippen LogP contribution in [-0.4, -0.2) is 25.3 Å². The van der Waals surface area contributed by atoms with Crippen molar-refractivity contribution in [1.29, 1.82) is 0 Å². The molecule has 0 aromatic carbocycles. The molecule has 2 heterocycles. The van der Waals surface area contributed by atoms with E-state index in [1.165, 1.54) is 58.0 Å². The van der Waals surface area contributed by atoms with Crippen LogP contribution in [0.2, 0.25) is 0 Å². The van der Waals surface area contributed by atoms with Crippen LogP contribution >= 0.6 is 0 Å². The highest BCUT2D eigenvalue weighted by molar-refractivity contribution is 4.94. The van der Waals surface area contributed by atoms with Gasteiger partial charge in [-0.05, 0) is 62.9 Å². The Hall–Kier alpha value is -0.0800. The average molecular weight is 237 g/mol. The number of nitrogens with one attached hydrogen (secondary N) is 1. The molecule has 3 fully saturated rings. The van der Waals surface area contributed by atoms with E-state index in [1.807, 2.05) is 0 Å². The van der Waals surface area contributed by atoms with Crippen molar-refractivity contribution >= 4 is 0 Å². The number of piperidine rings is 1. The van der Waals surface area contributed by atoms with E-state index in [-0.39, 0.29) is 0 Å². The van der Waals surface area contributed by atoms with Crippen molar-refractivity contribution in [3.05, 3.63) is 0 Å². The lowest BCUT2D eigenvalue weighted by Crippen LogP contribution is -2.44. The first-order valence-corrected chi connectivity index (χ1v) is 7.62. The van der Waals surface area contributed by atoms with Gasteiger partial charge >= 0.3 is 0 Å². The Morgan fingerprint density at radius 2 is 1.94 bits per heavy atom. The van der Waals surface area contributed by atoms with Crippen molar-refractivity contribution in [3.63, 3.8) is 0 Å². The van der Waals surface area contributed by atoms with E-state index in [9.17, 15) is 0 Å². The Bertz CT molecular complexity index is 260. The number of ether oxygens (including phenoxy) is 1. The van der Waals surface area contributed by atoms with Crippen LogP contribution in [0.3, 0.4) is 0 Å². The van der Waals surface area contributed by atoms with Crippen LogP contribution in [0.5, 0.6) is 0 Å². The molecule has 1 N–H and O–H groups in total. The molecule has 2 heteroatoms. The fraction of sp³-hybridized carbons (Fsp3) is 1.00. The van der Waals surface area contributed by atoms with Gasteiger partial charge in [0.1, 0.15) is 0 Å². The first-order chi connectivity index (χ1) is 8.27. The predicted octanol–water partition coefficient (Wildman–Crippen LogP) is 2.97. The number of hydrogen-bond donors (Lipinski definition) is 1. The minimum atomic E-state index is 0.309. The minimum Gasteiger partial charge on any atom is -0.375 e. The molecule has 3 rings (SSSR count). The molecule has 0 bridgehead atoms. The molecule has 3 aliphatic rings. The van der Waals surface area contributed by atoms with Gasteiger partial charge in [-0.25, -0.2) is 0 Å². The van der Waals surface area contributed by atoms with E-state index in [1.54, 1.807) is 0 Å². The summed E-state index contributed by atoms with van der Waals surface area (Å²) in [5.41, 5.74) is 0.309. The summed E-state index contributed by atoms with van der Waals surface area (Å²) in [6.07, 6.45) is 9.55. The van der Waals surface area contributed by atoms with Gasteiger partial charge in [-0.3, -0.25) is 0 Å². The quantitative estimate of drug-likeness (QED) is 0.757. The molecule has 1 spiro atoms. The lowest BCUT2D eigenvalue weighted by atomic mass is 9.73. The summed E-state index contributed by atoms with van der Waals surface area (Å²) in [7, 11) is 0. The monoisotopic (exact) mass is 237 g/mol. The lowest BCUT2D eigenvalue weighted by Gasteiger charge is -2.43. The van der Waals surface area contributed by atoms with Gasteiger partial charge in [-0.15, -0.1) is 0 Å². The molecule has 1 saturated carbocycles. The van der Waals surface area contributed by atoms with E-state index in [0.717, 1.165) is 24.4 Å². The summed E-state index contributed by atoms with van der Waals surface area (Å²) in [6.45, 7) is 5.90. The summed E-state index contributed by atoms with van der Waals surface area (Å²) in [4.78, 5) is 0. The van der Waals surface area contributed by atoms with Crippen LogP contribution in [-0.2, 0) is 4.74 Å². The predicted molar refractivity (Wildman–Crippen MR) is 70.0 cm³/mol. The SMILES string of the molecule is CC1CNCC(C2CCOC3(CCCC3)C2)C1. The van der Waals surface area contributed by atoms with Crippen molar-refractivity contribution in [1.82, 2.24) is 5.32 Å². The second kappa shape index (κ2) is 4.89. The van der Waals surface area contributed by atoms with Gasteiger partial charge in [-0.2, -0.15) is 0 Å².